The van der Waals surface area contributed by atoms with Crippen molar-refractivity contribution in [1.82, 2.24) is 0 Å². The van der Waals surface area contributed by atoms with Gasteiger partial charge in [0.15, 0.2) is 0 Å². The van der Waals surface area contributed by atoms with Crippen LogP contribution in [-0.2, 0) is 0 Å². The first-order valence-corrected chi connectivity index (χ1v) is 4.10. The fourth-order valence-electron chi connectivity index (χ4n) is 1.44. The zero-order chi connectivity index (χ0) is 7.56. The predicted octanol–water partition coefficient (Wildman–Crippen LogP) is 3.45. The van der Waals surface area contributed by atoms with E-state index in [1.807, 2.05) is 0 Å². The molecule has 0 heterocycles. The predicted molar refractivity (Wildman–Crippen MR) is 46.0 cm³/mol. The molecule has 1 aliphatic carbocycles. The van der Waals surface area contributed by atoms with Crippen LogP contribution in [0.15, 0.2) is 22.8 Å². The number of hydrogen-bond acceptors (Lipinski definition) is 0. The van der Waals surface area contributed by atoms with E-state index in [1.165, 1.54) is 19.3 Å². The fourth-order valence-corrected chi connectivity index (χ4v) is 1.44. The molecule has 0 aromatic heterocycles. The molecule has 0 nitrogen and oxygen atoms in total. The van der Waals surface area contributed by atoms with E-state index >= 15 is 0 Å². The van der Waals surface area contributed by atoms with Crippen LogP contribution in [0.4, 0.5) is 0 Å². The highest BCUT2D eigenvalue weighted by Crippen LogP contribution is 2.24. The minimum Gasteiger partial charge on any atom is -0.0727 e. The maximum Gasteiger partial charge on any atom is -0.0280 e. The van der Waals surface area contributed by atoms with E-state index in [0.29, 0.717) is 0 Å². The molecule has 56 valence electrons. The summed E-state index contributed by atoms with van der Waals surface area (Å²) in [6.45, 7) is 6.71. The molecule has 0 aliphatic heterocycles. The Kier molecular flexibility index (Phi) is 2.31. The highest BCUT2D eigenvalue weighted by atomic mass is 14.1. The second kappa shape index (κ2) is 3.05. The molecule has 0 unspecified atom stereocenters. The molecule has 0 saturated carbocycles. The van der Waals surface area contributed by atoms with Crippen molar-refractivity contribution in [3.8, 4) is 0 Å². The summed E-state index contributed by atoms with van der Waals surface area (Å²) in [5.41, 5.74) is 4.69. The van der Waals surface area contributed by atoms with Crippen molar-refractivity contribution >= 4 is 0 Å². The summed E-state index contributed by atoms with van der Waals surface area (Å²) in [6.07, 6.45) is 6.10. The van der Waals surface area contributed by atoms with Crippen molar-refractivity contribution in [2.24, 2.45) is 0 Å². The molecule has 0 amide bonds. The summed E-state index contributed by atoms with van der Waals surface area (Å²) in [4.78, 5) is 0. The lowest BCUT2D eigenvalue weighted by molar-refractivity contribution is 0.867. The van der Waals surface area contributed by atoms with Gasteiger partial charge < -0.3 is 0 Å². The summed E-state index contributed by atoms with van der Waals surface area (Å²) in [7, 11) is 0. The van der Waals surface area contributed by atoms with Crippen molar-refractivity contribution in [2.45, 2.75) is 40.0 Å². The second-order valence-corrected chi connectivity index (χ2v) is 3.15. The molecule has 0 spiro atoms. The maximum absolute atomic E-state index is 2.35. The van der Waals surface area contributed by atoms with Gasteiger partial charge in [0.25, 0.3) is 0 Å². The van der Waals surface area contributed by atoms with E-state index in [-0.39, 0.29) is 0 Å². The molecular formula is C10H16. The van der Waals surface area contributed by atoms with Crippen molar-refractivity contribution in [3.63, 3.8) is 0 Å². The van der Waals surface area contributed by atoms with Crippen LogP contribution in [0.1, 0.15) is 40.0 Å². The van der Waals surface area contributed by atoms with Crippen molar-refractivity contribution < 1.29 is 0 Å². The third-order valence-corrected chi connectivity index (χ3v) is 2.24. The van der Waals surface area contributed by atoms with Crippen molar-refractivity contribution in [2.75, 3.05) is 0 Å². The molecule has 0 atom stereocenters. The van der Waals surface area contributed by atoms with Crippen molar-refractivity contribution in [1.29, 1.82) is 0 Å². The van der Waals surface area contributed by atoms with Crippen LogP contribution in [0, 0.1) is 0 Å². The molecule has 0 heteroatoms. The van der Waals surface area contributed by atoms with Gasteiger partial charge in [-0.15, -0.1) is 0 Å². The molecule has 0 N–H and O–H groups in total. The van der Waals surface area contributed by atoms with Gasteiger partial charge in [-0.2, -0.15) is 0 Å². The largest absolute Gasteiger partial charge is 0.0727 e. The molecule has 0 saturated heterocycles. The van der Waals surface area contributed by atoms with Gasteiger partial charge in [-0.05, 0) is 38.7 Å². The Balaban J connectivity index is 2.82. The Bertz CT molecular complexity index is 182. The first-order chi connectivity index (χ1) is 4.74. The molecule has 0 fully saturated rings. The van der Waals surface area contributed by atoms with E-state index < -0.39 is 0 Å². The maximum atomic E-state index is 2.35. The van der Waals surface area contributed by atoms with Gasteiger partial charge in [0, 0.05) is 0 Å². The summed E-state index contributed by atoms with van der Waals surface area (Å²) in [5.74, 6) is 0. The first-order valence-electron chi connectivity index (χ1n) is 4.10. The number of allylic oxidation sites excluding steroid dienone is 4. The van der Waals surface area contributed by atoms with Crippen LogP contribution in [0.5, 0.6) is 0 Å². The lowest BCUT2D eigenvalue weighted by Gasteiger charge is -2.13. The smallest absolute Gasteiger partial charge is 0.0280 e. The monoisotopic (exact) mass is 136 g/mol. The number of hydrogen-bond donors (Lipinski definition) is 0. The van der Waals surface area contributed by atoms with Gasteiger partial charge in [0.1, 0.15) is 0 Å². The Hall–Kier alpha value is -0.520. The van der Waals surface area contributed by atoms with Crippen LogP contribution < -0.4 is 0 Å². The average Bonchev–Trinajstić information content (AvgIpc) is 1.94. The normalized spacial score (nSPS) is 19.3. The first kappa shape index (κ1) is 7.59. The zero-order valence-electron chi connectivity index (χ0n) is 7.20. The molecule has 0 radical (unpaired) electrons. The topological polar surface area (TPSA) is 0 Å². The van der Waals surface area contributed by atoms with E-state index in [4.69, 9.17) is 0 Å². The Labute approximate surface area is 63.6 Å². The lowest BCUT2D eigenvalue weighted by atomic mass is 9.93. The third kappa shape index (κ3) is 1.50. The average molecular weight is 136 g/mol. The molecule has 1 rings (SSSR count). The third-order valence-electron chi connectivity index (χ3n) is 2.24. The van der Waals surface area contributed by atoms with E-state index in [0.717, 1.165) is 0 Å². The Morgan fingerprint density at radius 2 is 2.00 bits per heavy atom. The van der Waals surface area contributed by atoms with Gasteiger partial charge >= 0.3 is 0 Å². The lowest BCUT2D eigenvalue weighted by Crippen LogP contribution is -1.93. The zero-order valence-corrected chi connectivity index (χ0v) is 7.20. The SMILES string of the molecule is CCC1=C(C)CCC(C)=C1. The number of rotatable bonds is 1. The Morgan fingerprint density at radius 3 is 2.50 bits per heavy atom. The van der Waals surface area contributed by atoms with E-state index in [9.17, 15) is 0 Å². The van der Waals surface area contributed by atoms with Gasteiger partial charge in [0.2, 0.25) is 0 Å². The summed E-state index contributed by atoms with van der Waals surface area (Å²) in [5, 5.41) is 0. The molecule has 0 aromatic carbocycles. The van der Waals surface area contributed by atoms with E-state index in [1.54, 1.807) is 16.7 Å². The van der Waals surface area contributed by atoms with Crippen LogP contribution in [0.3, 0.4) is 0 Å². The summed E-state index contributed by atoms with van der Waals surface area (Å²) in [6, 6.07) is 0. The van der Waals surface area contributed by atoms with Gasteiger partial charge in [0.05, 0.1) is 0 Å². The standard InChI is InChI=1S/C10H16/c1-4-10-7-8(2)5-6-9(10)3/h7H,4-6H2,1-3H3. The summed E-state index contributed by atoms with van der Waals surface area (Å²) >= 11 is 0. The molecule has 0 bridgehead atoms. The Morgan fingerprint density at radius 1 is 1.30 bits per heavy atom. The minimum absolute atomic E-state index is 1.20. The summed E-state index contributed by atoms with van der Waals surface area (Å²) < 4.78 is 0. The van der Waals surface area contributed by atoms with Crippen LogP contribution in [0.2, 0.25) is 0 Å². The molecular weight excluding hydrogens is 120 g/mol. The highest BCUT2D eigenvalue weighted by molar-refractivity contribution is 5.31. The van der Waals surface area contributed by atoms with Crippen molar-refractivity contribution in [3.05, 3.63) is 22.8 Å². The van der Waals surface area contributed by atoms with Crippen LogP contribution >= 0.6 is 0 Å². The fraction of sp³-hybridized carbons (Fsp3) is 0.600. The second-order valence-electron chi connectivity index (χ2n) is 3.15. The molecule has 10 heavy (non-hydrogen) atoms. The van der Waals surface area contributed by atoms with Crippen LogP contribution in [0.25, 0.3) is 0 Å². The van der Waals surface area contributed by atoms with Crippen LogP contribution in [-0.4, -0.2) is 0 Å². The van der Waals surface area contributed by atoms with E-state index in [2.05, 4.69) is 26.8 Å². The quantitative estimate of drug-likeness (QED) is 0.518. The molecule has 1 aliphatic rings. The molecule has 0 aromatic rings. The van der Waals surface area contributed by atoms with Gasteiger partial charge in [-0.3, -0.25) is 0 Å². The minimum atomic E-state index is 1.20. The van der Waals surface area contributed by atoms with Gasteiger partial charge in [-0.1, -0.05) is 24.1 Å². The highest BCUT2D eigenvalue weighted by Gasteiger charge is 2.04. The van der Waals surface area contributed by atoms with Gasteiger partial charge in [-0.25, -0.2) is 0 Å².